The first-order valence-electron chi connectivity index (χ1n) is 10.6. The minimum Gasteiger partial charge on any atom is -0.353 e. The van der Waals surface area contributed by atoms with Crippen molar-refractivity contribution in [1.29, 1.82) is 0 Å². The Morgan fingerprint density at radius 3 is 1.73 bits per heavy atom. The van der Waals surface area contributed by atoms with Gasteiger partial charge < -0.3 is 14.7 Å². The lowest BCUT2D eigenvalue weighted by Crippen LogP contribution is -2.49. The summed E-state index contributed by atoms with van der Waals surface area (Å²) < 4.78 is 27.5. The molecule has 2 fully saturated rings. The van der Waals surface area contributed by atoms with Gasteiger partial charge in [0, 0.05) is 52.4 Å². The van der Waals surface area contributed by atoms with E-state index in [2.05, 4.69) is 38.9 Å². The van der Waals surface area contributed by atoms with Gasteiger partial charge in [-0.2, -0.15) is 4.31 Å². The molecule has 0 unspecified atom stereocenters. The fourth-order valence-corrected chi connectivity index (χ4v) is 5.32. The monoisotopic (exact) mass is 430 g/mol. The minimum absolute atomic E-state index is 0.365. The number of sulfonamides is 1. The third kappa shape index (κ3) is 4.43. The Balaban J connectivity index is 1.37. The summed E-state index contributed by atoms with van der Waals surface area (Å²) in [5.41, 5.74) is 1.14. The van der Waals surface area contributed by atoms with E-state index in [-0.39, 0.29) is 0 Å². The molecule has 2 aliphatic heterocycles. The first kappa shape index (κ1) is 21.0. The molecule has 30 heavy (non-hydrogen) atoms. The Morgan fingerprint density at radius 1 is 0.767 bits per heavy atom. The molecule has 2 aliphatic rings. The van der Waals surface area contributed by atoms with Crippen molar-refractivity contribution in [2.45, 2.75) is 18.2 Å². The van der Waals surface area contributed by atoms with Crippen molar-refractivity contribution in [3.63, 3.8) is 0 Å². The van der Waals surface area contributed by atoms with Crippen LogP contribution in [0.5, 0.6) is 0 Å². The molecule has 0 aliphatic carbocycles. The van der Waals surface area contributed by atoms with E-state index in [9.17, 15) is 8.42 Å². The molecule has 162 valence electrons. The summed E-state index contributed by atoms with van der Waals surface area (Å²) in [6, 6.07) is 11.2. The minimum atomic E-state index is -3.46. The van der Waals surface area contributed by atoms with Crippen LogP contribution in [-0.2, 0) is 16.4 Å². The quantitative estimate of drug-likeness (QED) is 0.708. The first-order chi connectivity index (χ1) is 14.5. The maximum Gasteiger partial charge on any atom is 0.243 e. The van der Waals surface area contributed by atoms with E-state index in [1.165, 1.54) is 0 Å². The molecule has 0 atom stereocenters. The second-order valence-corrected chi connectivity index (χ2v) is 9.87. The maximum atomic E-state index is 12.9. The lowest BCUT2D eigenvalue weighted by molar-refractivity contribution is 0.312. The summed E-state index contributed by atoms with van der Waals surface area (Å²) in [7, 11) is -1.33. The normalized spacial score (nSPS) is 19.3. The zero-order valence-electron chi connectivity index (χ0n) is 17.7. The van der Waals surface area contributed by atoms with Gasteiger partial charge in [-0.3, -0.25) is 0 Å². The summed E-state index contributed by atoms with van der Waals surface area (Å²) in [4.78, 5) is 7.03. The van der Waals surface area contributed by atoms with Crippen LogP contribution in [-0.4, -0.2) is 87.2 Å². The van der Waals surface area contributed by atoms with Gasteiger partial charge in [0.25, 0.3) is 0 Å². The van der Waals surface area contributed by atoms with Gasteiger partial charge in [-0.15, -0.1) is 10.2 Å². The van der Waals surface area contributed by atoms with Crippen molar-refractivity contribution in [3.05, 3.63) is 42.0 Å². The summed E-state index contributed by atoms with van der Waals surface area (Å²) in [6.07, 6.45) is 0.896. The molecule has 0 amide bonds. The number of likely N-dealkylation sites (N-methyl/N-ethyl adjacent to an activating group) is 1. The van der Waals surface area contributed by atoms with Crippen molar-refractivity contribution >= 4 is 21.7 Å². The van der Waals surface area contributed by atoms with Crippen molar-refractivity contribution in [2.24, 2.45) is 0 Å². The van der Waals surface area contributed by atoms with E-state index in [1.807, 2.05) is 24.3 Å². The molecular weight excluding hydrogens is 400 g/mol. The number of aryl methyl sites for hydroxylation is 1. The third-order valence-corrected chi connectivity index (χ3v) is 7.91. The lowest BCUT2D eigenvalue weighted by atomic mass is 10.2. The Morgan fingerprint density at radius 2 is 1.27 bits per heavy atom. The maximum absolute atomic E-state index is 12.9. The zero-order valence-corrected chi connectivity index (χ0v) is 18.6. The highest BCUT2D eigenvalue weighted by Crippen LogP contribution is 2.21. The number of nitrogens with zero attached hydrogens (tertiary/aromatic N) is 6. The molecule has 0 saturated carbocycles. The Hall–Kier alpha value is -2.23. The summed E-state index contributed by atoms with van der Waals surface area (Å²) in [6.45, 7) is 8.13. The highest BCUT2D eigenvalue weighted by atomic mass is 32.2. The SMILES string of the molecule is CCc1ccc(S(=O)(=O)N2CCN(c3ccc(N4CCN(C)CC4)nn3)CC2)cc1. The van der Waals surface area contributed by atoms with Crippen molar-refractivity contribution in [3.8, 4) is 0 Å². The summed E-state index contributed by atoms with van der Waals surface area (Å²) in [5, 5.41) is 8.83. The van der Waals surface area contributed by atoms with Gasteiger partial charge in [0.2, 0.25) is 10.0 Å². The number of hydrogen-bond acceptors (Lipinski definition) is 7. The zero-order chi connectivity index (χ0) is 21.1. The van der Waals surface area contributed by atoms with Crippen molar-refractivity contribution in [2.75, 3.05) is 69.2 Å². The third-order valence-electron chi connectivity index (χ3n) is 6.00. The van der Waals surface area contributed by atoms with Crippen LogP contribution in [0.15, 0.2) is 41.3 Å². The molecule has 0 radical (unpaired) electrons. The Bertz CT molecular complexity index is 932. The molecule has 3 heterocycles. The molecule has 0 bridgehead atoms. The van der Waals surface area contributed by atoms with Crippen molar-refractivity contribution in [1.82, 2.24) is 19.4 Å². The van der Waals surface area contributed by atoms with Gasteiger partial charge in [0.05, 0.1) is 4.90 Å². The van der Waals surface area contributed by atoms with Crippen LogP contribution in [0.25, 0.3) is 0 Å². The fraction of sp³-hybridized carbons (Fsp3) is 0.524. The average molecular weight is 431 g/mol. The highest BCUT2D eigenvalue weighted by molar-refractivity contribution is 7.89. The molecule has 8 nitrogen and oxygen atoms in total. The largest absolute Gasteiger partial charge is 0.353 e. The van der Waals surface area contributed by atoms with Crippen LogP contribution < -0.4 is 9.80 Å². The van der Waals surface area contributed by atoms with E-state index in [0.29, 0.717) is 31.1 Å². The van der Waals surface area contributed by atoms with Gasteiger partial charge in [0.1, 0.15) is 0 Å². The van der Waals surface area contributed by atoms with Crippen molar-refractivity contribution < 1.29 is 8.42 Å². The van der Waals surface area contributed by atoms with E-state index in [0.717, 1.165) is 49.8 Å². The van der Waals surface area contributed by atoms with Crippen LogP contribution in [0, 0.1) is 0 Å². The summed E-state index contributed by atoms with van der Waals surface area (Å²) >= 11 is 0. The molecule has 2 saturated heterocycles. The number of rotatable bonds is 5. The van der Waals surface area contributed by atoms with Gasteiger partial charge >= 0.3 is 0 Å². The molecule has 0 N–H and O–H groups in total. The molecule has 0 spiro atoms. The summed E-state index contributed by atoms with van der Waals surface area (Å²) in [5.74, 6) is 1.71. The van der Waals surface area contributed by atoms with Crippen LogP contribution in [0.4, 0.5) is 11.6 Å². The second kappa shape index (κ2) is 8.87. The average Bonchev–Trinajstić information content (AvgIpc) is 2.80. The molecule has 4 rings (SSSR count). The lowest BCUT2D eigenvalue weighted by Gasteiger charge is -2.35. The van der Waals surface area contributed by atoms with Crippen LogP contribution in [0.2, 0.25) is 0 Å². The molecule has 9 heteroatoms. The number of anilines is 2. The predicted octanol–water partition coefficient (Wildman–Crippen LogP) is 1.30. The standard InChI is InChI=1S/C21H30N6O2S/c1-3-18-4-6-19(7-5-18)30(28,29)27-16-14-26(15-17-27)21-9-8-20(22-23-21)25-12-10-24(2)11-13-25/h4-9H,3,10-17H2,1-2H3. The van der Waals surface area contributed by atoms with Gasteiger partial charge in [-0.05, 0) is 43.3 Å². The molecular formula is C21H30N6O2S. The van der Waals surface area contributed by atoms with Gasteiger partial charge in [-0.1, -0.05) is 19.1 Å². The van der Waals surface area contributed by atoms with Crippen LogP contribution in [0.3, 0.4) is 0 Å². The Labute approximate surface area is 179 Å². The van der Waals surface area contributed by atoms with Gasteiger partial charge in [-0.25, -0.2) is 8.42 Å². The Kier molecular flexibility index (Phi) is 6.21. The second-order valence-electron chi connectivity index (χ2n) is 7.93. The van der Waals surface area contributed by atoms with Gasteiger partial charge in [0.15, 0.2) is 11.6 Å². The number of aromatic nitrogens is 2. The van der Waals surface area contributed by atoms with E-state index < -0.39 is 10.0 Å². The van der Waals surface area contributed by atoms with Crippen LogP contribution >= 0.6 is 0 Å². The van der Waals surface area contributed by atoms with Crippen LogP contribution in [0.1, 0.15) is 12.5 Å². The highest BCUT2D eigenvalue weighted by Gasteiger charge is 2.29. The number of benzene rings is 1. The molecule has 1 aromatic carbocycles. The molecule has 1 aromatic heterocycles. The topological polar surface area (TPSA) is 72.9 Å². The molecule has 2 aromatic rings. The van der Waals surface area contributed by atoms with E-state index in [4.69, 9.17) is 0 Å². The fourth-order valence-electron chi connectivity index (χ4n) is 3.89. The van der Waals surface area contributed by atoms with E-state index in [1.54, 1.807) is 16.4 Å². The van der Waals surface area contributed by atoms with E-state index >= 15 is 0 Å². The number of piperazine rings is 2. The first-order valence-corrected chi connectivity index (χ1v) is 12.0. The number of hydrogen-bond donors (Lipinski definition) is 0. The smallest absolute Gasteiger partial charge is 0.243 e. The predicted molar refractivity (Wildman–Crippen MR) is 119 cm³/mol.